The second-order valence-electron chi connectivity index (χ2n) is 6.81. The topological polar surface area (TPSA) is 41.1 Å². The van der Waals surface area contributed by atoms with Crippen molar-refractivity contribution in [3.63, 3.8) is 0 Å². The van der Waals surface area contributed by atoms with E-state index in [9.17, 15) is 4.79 Å². The number of hydrogen-bond acceptors (Lipinski definition) is 4. The molecule has 1 aliphatic carbocycles. The summed E-state index contributed by atoms with van der Waals surface area (Å²) in [6.07, 6.45) is 11.9. The van der Waals surface area contributed by atoms with Crippen LogP contribution in [0.1, 0.15) is 37.7 Å². The van der Waals surface area contributed by atoms with Crippen LogP contribution in [-0.4, -0.2) is 24.6 Å². The molecule has 1 saturated carbocycles. The number of carbonyl (C=O) groups is 1. The molecule has 0 heterocycles. The highest BCUT2D eigenvalue weighted by molar-refractivity contribution is 7.98. The summed E-state index contributed by atoms with van der Waals surface area (Å²) < 4.78 is 0. The second kappa shape index (κ2) is 12.3. The maximum atomic E-state index is 11.8. The zero-order valence-electron chi connectivity index (χ0n) is 16.0. The van der Waals surface area contributed by atoms with Crippen LogP contribution in [0.15, 0.2) is 54.4 Å². The Labute approximate surface area is 168 Å². The third-order valence-corrected chi connectivity index (χ3v) is 5.40. The van der Waals surface area contributed by atoms with Crippen molar-refractivity contribution < 1.29 is 4.79 Å². The molecule has 0 amide bonds. The molecule has 0 aliphatic heterocycles. The molecule has 1 aromatic carbocycles. The number of ketones is 1. The summed E-state index contributed by atoms with van der Waals surface area (Å²) in [5, 5.41) is 6.65. The number of hydrogen-bond donors (Lipinski definition) is 2. The monoisotopic (exact) mass is 382 g/mol. The summed E-state index contributed by atoms with van der Waals surface area (Å²) in [7, 11) is 0. The number of Topliss-reactive ketones (excluding diaryl/α,β-unsaturated/α-hetero) is 1. The summed E-state index contributed by atoms with van der Waals surface area (Å²) in [6.45, 7) is 5.30. The lowest BCUT2D eigenvalue weighted by Gasteiger charge is -2.15. The lowest BCUT2D eigenvalue weighted by molar-refractivity contribution is -0.118. The predicted molar refractivity (Wildman–Crippen MR) is 116 cm³/mol. The van der Waals surface area contributed by atoms with Crippen LogP contribution in [-0.2, 0) is 10.5 Å². The molecule has 0 unspecified atom stereocenters. The third-order valence-electron chi connectivity index (χ3n) is 4.29. The van der Waals surface area contributed by atoms with Crippen LogP contribution in [0.2, 0.25) is 0 Å². The number of carbonyl (C=O) groups excluding carboxylic acids is 1. The molecule has 0 aromatic heterocycles. The van der Waals surface area contributed by atoms with Crippen LogP contribution in [0.5, 0.6) is 0 Å². The SMILES string of the molecule is C#CCCC(=O)CNC(=C)/C(=C\C1CC1)NCCCSCc1ccccc1. The average Bonchev–Trinajstić information content (AvgIpc) is 3.51. The number of thioether (sulfide) groups is 1. The van der Waals surface area contributed by atoms with Gasteiger partial charge in [0.1, 0.15) is 0 Å². The molecule has 3 nitrogen and oxygen atoms in total. The zero-order chi connectivity index (χ0) is 19.3. The van der Waals surface area contributed by atoms with Crippen LogP contribution < -0.4 is 10.6 Å². The Morgan fingerprint density at radius 3 is 2.78 bits per heavy atom. The van der Waals surface area contributed by atoms with E-state index in [1.54, 1.807) is 0 Å². The molecule has 0 radical (unpaired) electrons. The minimum atomic E-state index is 0.122. The average molecular weight is 383 g/mol. The van der Waals surface area contributed by atoms with Crippen LogP contribution >= 0.6 is 11.8 Å². The fourth-order valence-corrected chi connectivity index (χ4v) is 3.45. The van der Waals surface area contributed by atoms with Gasteiger partial charge in [-0.15, -0.1) is 12.3 Å². The van der Waals surface area contributed by atoms with E-state index < -0.39 is 0 Å². The van der Waals surface area contributed by atoms with Crippen LogP contribution in [0, 0.1) is 18.3 Å². The molecule has 0 saturated heterocycles. The molecule has 1 aromatic rings. The van der Waals surface area contributed by atoms with E-state index in [0.29, 0.717) is 18.8 Å². The quantitative estimate of drug-likeness (QED) is 0.286. The Morgan fingerprint density at radius 1 is 1.30 bits per heavy atom. The summed E-state index contributed by atoms with van der Waals surface area (Å²) in [5.41, 5.74) is 3.21. The van der Waals surface area contributed by atoms with E-state index in [0.717, 1.165) is 35.9 Å². The fourth-order valence-electron chi connectivity index (χ4n) is 2.53. The number of terminal acetylenes is 1. The molecule has 2 N–H and O–H groups in total. The summed E-state index contributed by atoms with van der Waals surface area (Å²) in [5.74, 6) is 5.44. The molecule has 144 valence electrons. The maximum absolute atomic E-state index is 11.8. The molecule has 1 fully saturated rings. The van der Waals surface area contributed by atoms with E-state index in [4.69, 9.17) is 6.42 Å². The second-order valence-corrected chi connectivity index (χ2v) is 7.92. The van der Waals surface area contributed by atoms with Crippen LogP contribution in [0.25, 0.3) is 0 Å². The van der Waals surface area contributed by atoms with Crippen molar-refractivity contribution in [2.45, 2.75) is 37.9 Å². The molecule has 1 aliphatic rings. The Bertz CT molecular complexity index is 671. The first-order chi connectivity index (χ1) is 13.2. The minimum absolute atomic E-state index is 0.122. The standard InChI is InChI=1S/C23H30N2OS/c1-3-4-11-22(26)17-25-19(2)23(16-20-12-13-20)24-14-8-15-27-18-21-9-6-5-7-10-21/h1,5-7,9-10,16,20,24-25H,2,4,8,11-15,17-18H2/b23-16+. The van der Waals surface area contributed by atoms with Crippen molar-refractivity contribution in [3.05, 3.63) is 59.9 Å². The third kappa shape index (κ3) is 9.40. The van der Waals surface area contributed by atoms with Gasteiger partial charge in [-0.1, -0.05) is 43.0 Å². The molecule has 0 spiro atoms. The predicted octanol–water partition coefficient (Wildman–Crippen LogP) is 4.28. The molecule has 27 heavy (non-hydrogen) atoms. The minimum Gasteiger partial charge on any atom is -0.384 e. The van der Waals surface area contributed by atoms with Gasteiger partial charge in [-0.3, -0.25) is 4.79 Å². The van der Waals surface area contributed by atoms with Crippen LogP contribution in [0.4, 0.5) is 0 Å². The lowest BCUT2D eigenvalue weighted by atomic mass is 10.2. The van der Waals surface area contributed by atoms with Gasteiger partial charge in [-0.05, 0) is 36.5 Å². The Balaban J connectivity index is 1.66. The van der Waals surface area contributed by atoms with Crippen LogP contribution in [0.3, 0.4) is 0 Å². The van der Waals surface area contributed by atoms with E-state index in [1.807, 2.05) is 11.8 Å². The van der Waals surface area contributed by atoms with Crippen molar-refractivity contribution in [2.75, 3.05) is 18.8 Å². The summed E-state index contributed by atoms with van der Waals surface area (Å²) >= 11 is 1.96. The highest BCUT2D eigenvalue weighted by atomic mass is 32.2. The highest BCUT2D eigenvalue weighted by Gasteiger charge is 2.20. The fraction of sp³-hybridized carbons (Fsp3) is 0.435. The highest BCUT2D eigenvalue weighted by Crippen LogP contribution is 2.31. The van der Waals surface area contributed by atoms with Crippen molar-refractivity contribution in [3.8, 4) is 12.3 Å². The van der Waals surface area contributed by atoms with Crippen molar-refractivity contribution in [2.24, 2.45) is 5.92 Å². The number of nitrogens with one attached hydrogen (secondary N) is 2. The smallest absolute Gasteiger partial charge is 0.152 e. The Kier molecular flexibility index (Phi) is 9.65. The van der Waals surface area contributed by atoms with Crippen molar-refractivity contribution >= 4 is 17.5 Å². The van der Waals surface area contributed by atoms with E-state index in [2.05, 4.69) is 59.5 Å². The van der Waals surface area contributed by atoms with Gasteiger partial charge in [-0.2, -0.15) is 11.8 Å². The number of benzene rings is 1. The molecule has 2 rings (SSSR count). The van der Waals surface area contributed by atoms with E-state index in [1.165, 1.54) is 18.4 Å². The lowest BCUT2D eigenvalue weighted by Crippen LogP contribution is -2.28. The molecule has 0 bridgehead atoms. The first-order valence-corrected chi connectivity index (χ1v) is 10.8. The van der Waals surface area contributed by atoms with Gasteiger partial charge >= 0.3 is 0 Å². The van der Waals surface area contributed by atoms with E-state index >= 15 is 0 Å². The maximum Gasteiger partial charge on any atom is 0.152 e. The molecule has 4 heteroatoms. The first-order valence-electron chi connectivity index (χ1n) is 9.64. The zero-order valence-corrected chi connectivity index (χ0v) is 16.8. The molecule has 0 atom stereocenters. The molecular formula is C23H30N2OS. The normalized spacial score (nSPS) is 13.7. The van der Waals surface area contributed by atoms with Gasteiger partial charge in [0.25, 0.3) is 0 Å². The summed E-state index contributed by atoms with van der Waals surface area (Å²) in [4.78, 5) is 11.8. The first kappa shape index (κ1) is 21.2. The van der Waals surface area contributed by atoms with Crippen molar-refractivity contribution in [1.82, 2.24) is 10.6 Å². The van der Waals surface area contributed by atoms with Gasteiger partial charge in [0.2, 0.25) is 0 Å². The van der Waals surface area contributed by atoms with Gasteiger partial charge in [0.05, 0.1) is 17.9 Å². The van der Waals surface area contributed by atoms with Gasteiger partial charge in [0.15, 0.2) is 5.78 Å². The Morgan fingerprint density at radius 2 is 2.07 bits per heavy atom. The molecular weight excluding hydrogens is 352 g/mol. The Hall–Kier alpha value is -2.12. The largest absolute Gasteiger partial charge is 0.384 e. The van der Waals surface area contributed by atoms with Gasteiger partial charge < -0.3 is 10.6 Å². The number of rotatable bonds is 14. The summed E-state index contributed by atoms with van der Waals surface area (Å²) in [6, 6.07) is 10.6. The van der Waals surface area contributed by atoms with Crippen molar-refractivity contribution in [1.29, 1.82) is 0 Å². The number of allylic oxidation sites excluding steroid dienone is 1. The van der Waals surface area contributed by atoms with E-state index in [-0.39, 0.29) is 12.3 Å². The van der Waals surface area contributed by atoms with Gasteiger partial charge in [-0.25, -0.2) is 0 Å². The van der Waals surface area contributed by atoms with Gasteiger partial charge in [0, 0.05) is 25.1 Å².